The van der Waals surface area contributed by atoms with Gasteiger partial charge in [-0.25, -0.2) is 0 Å². The molecule has 0 aliphatic carbocycles. The van der Waals surface area contributed by atoms with Gasteiger partial charge in [-0.2, -0.15) is 0 Å². The quantitative estimate of drug-likeness (QED) is 0.362. The van der Waals surface area contributed by atoms with Gasteiger partial charge in [-0.05, 0) is 38.6 Å². The molecular weight excluding hydrogens is 423 g/mol. The minimum absolute atomic E-state index is 0. The van der Waals surface area contributed by atoms with Crippen molar-refractivity contribution in [1.82, 2.24) is 15.5 Å². The lowest BCUT2D eigenvalue weighted by atomic mass is 10.3. The van der Waals surface area contributed by atoms with E-state index in [1.807, 2.05) is 27.8 Å². The number of amides is 1. The Balaban J connectivity index is 0.00000484. The Bertz CT molecular complexity index is 463. The van der Waals surface area contributed by atoms with Crippen LogP contribution in [0.4, 0.5) is 0 Å². The van der Waals surface area contributed by atoms with E-state index in [1.54, 1.807) is 11.3 Å². The van der Waals surface area contributed by atoms with Crippen LogP contribution in [0.5, 0.6) is 0 Å². The number of aliphatic imine (C=N–C) groups is 1. The van der Waals surface area contributed by atoms with E-state index in [9.17, 15) is 4.79 Å². The first-order valence-electron chi connectivity index (χ1n) is 7.84. The van der Waals surface area contributed by atoms with Crippen molar-refractivity contribution >= 4 is 47.2 Å². The third-order valence-corrected chi connectivity index (χ3v) is 3.96. The lowest BCUT2D eigenvalue weighted by molar-refractivity contribution is -0.121. The highest BCUT2D eigenvalue weighted by Gasteiger charge is 2.07. The molecule has 7 heteroatoms. The van der Waals surface area contributed by atoms with Crippen LogP contribution in [0.3, 0.4) is 0 Å². The van der Waals surface area contributed by atoms with Crippen molar-refractivity contribution < 1.29 is 4.79 Å². The van der Waals surface area contributed by atoms with Gasteiger partial charge in [-0.1, -0.05) is 6.07 Å². The van der Waals surface area contributed by atoms with Crippen molar-refractivity contribution in [1.29, 1.82) is 0 Å². The van der Waals surface area contributed by atoms with E-state index in [0.717, 1.165) is 25.5 Å². The standard InChI is InChI=1S/C16H28N4OS.HI/c1-5-17-16(18-10-8-15(21)19-13(2)3)20(4)11-9-14-7-6-12-22-14;/h6-7,12-13H,5,8-11H2,1-4H3,(H,17,18)(H,19,21);1H. The Labute approximate surface area is 161 Å². The van der Waals surface area contributed by atoms with Gasteiger partial charge in [0.15, 0.2) is 5.96 Å². The Kier molecular flexibility index (Phi) is 12.1. The zero-order valence-corrected chi connectivity index (χ0v) is 17.6. The molecule has 0 fully saturated rings. The second-order valence-electron chi connectivity index (χ2n) is 5.46. The number of halogens is 1. The second kappa shape index (κ2) is 12.6. The van der Waals surface area contributed by atoms with Crippen LogP contribution in [0.15, 0.2) is 22.5 Å². The fourth-order valence-corrected chi connectivity index (χ4v) is 2.66. The molecule has 1 aromatic rings. The lowest BCUT2D eigenvalue weighted by Crippen LogP contribution is -2.40. The van der Waals surface area contributed by atoms with Crippen LogP contribution in [0, 0.1) is 0 Å². The number of nitrogens with zero attached hydrogens (tertiary/aromatic N) is 2. The lowest BCUT2D eigenvalue weighted by Gasteiger charge is -2.21. The summed E-state index contributed by atoms with van der Waals surface area (Å²) in [6.45, 7) is 8.20. The molecule has 0 unspecified atom stereocenters. The van der Waals surface area contributed by atoms with Gasteiger partial charge in [-0.15, -0.1) is 35.3 Å². The maximum atomic E-state index is 11.6. The van der Waals surface area contributed by atoms with E-state index in [0.29, 0.717) is 13.0 Å². The van der Waals surface area contributed by atoms with Crippen LogP contribution in [-0.4, -0.2) is 49.5 Å². The fraction of sp³-hybridized carbons (Fsp3) is 0.625. The highest BCUT2D eigenvalue weighted by Crippen LogP contribution is 2.09. The molecule has 0 atom stereocenters. The average Bonchev–Trinajstić information content (AvgIpc) is 2.96. The molecule has 2 N–H and O–H groups in total. The molecular formula is C16H29IN4OS. The molecule has 0 spiro atoms. The van der Waals surface area contributed by atoms with Crippen LogP contribution in [0.1, 0.15) is 32.1 Å². The third-order valence-electron chi connectivity index (χ3n) is 3.02. The fourth-order valence-electron chi connectivity index (χ4n) is 1.97. The number of hydrogen-bond donors (Lipinski definition) is 2. The molecule has 23 heavy (non-hydrogen) atoms. The van der Waals surface area contributed by atoms with Gasteiger partial charge in [0.1, 0.15) is 0 Å². The van der Waals surface area contributed by atoms with E-state index < -0.39 is 0 Å². The van der Waals surface area contributed by atoms with Crippen LogP contribution in [0.2, 0.25) is 0 Å². The summed E-state index contributed by atoms with van der Waals surface area (Å²) in [5, 5.41) is 8.25. The summed E-state index contributed by atoms with van der Waals surface area (Å²) in [5.41, 5.74) is 0. The van der Waals surface area contributed by atoms with Crippen LogP contribution >= 0.6 is 35.3 Å². The zero-order valence-electron chi connectivity index (χ0n) is 14.5. The number of guanidine groups is 1. The summed E-state index contributed by atoms with van der Waals surface area (Å²) < 4.78 is 0. The summed E-state index contributed by atoms with van der Waals surface area (Å²) in [5.74, 6) is 0.909. The molecule has 132 valence electrons. The number of nitrogens with one attached hydrogen (secondary N) is 2. The predicted molar refractivity (Wildman–Crippen MR) is 110 cm³/mol. The first kappa shape index (κ1) is 22.2. The van der Waals surface area contributed by atoms with Crippen LogP contribution in [0.25, 0.3) is 0 Å². The topological polar surface area (TPSA) is 56.7 Å². The number of thiophene rings is 1. The average molecular weight is 452 g/mol. The van der Waals surface area contributed by atoms with Crippen LogP contribution < -0.4 is 10.6 Å². The molecule has 0 aliphatic rings. The molecule has 1 amide bonds. The Hall–Kier alpha value is -0.830. The number of hydrogen-bond acceptors (Lipinski definition) is 3. The number of carbonyl (C=O) groups is 1. The largest absolute Gasteiger partial charge is 0.357 e. The summed E-state index contributed by atoms with van der Waals surface area (Å²) in [6, 6.07) is 4.41. The summed E-state index contributed by atoms with van der Waals surface area (Å²) in [6.07, 6.45) is 1.43. The first-order chi connectivity index (χ1) is 10.5. The van der Waals surface area contributed by atoms with E-state index in [2.05, 4.69) is 38.0 Å². The molecule has 5 nitrogen and oxygen atoms in total. The van der Waals surface area contributed by atoms with Crippen molar-refractivity contribution in [2.24, 2.45) is 4.99 Å². The van der Waals surface area contributed by atoms with Crippen molar-refractivity contribution in [2.45, 2.75) is 39.7 Å². The Morgan fingerprint density at radius 3 is 2.74 bits per heavy atom. The molecule has 0 saturated carbocycles. The van der Waals surface area contributed by atoms with Crippen LogP contribution in [-0.2, 0) is 11.2 Å². The van der Waals surface area contributed by atoms with Gasteiger partial charge in [0, 0.05) is 37.5 Å². The molecule has 0 saturated heterocycles. The number of carbonyl (C=O) groups excluding carboxylic acids is 1. The predicted octanol–water partition coefficient (Wildman–Crippen LogP) is 2.72. The molecule has 0 aliphatic heterocycles. The molecule has 0 aromatic carbocycles. The van der Waals surface area contributed by atoms with Crippen molar-refractivity contribution in [3.63, 3.8) is 0 Å². The Morgan fingerprint density at radius 2 is 2.17 bits per heavy atom. The van der Waals surface area contributed by atoms with Gasteiger partial charge in [0.2, 0.25) is 5.91 Å². The zero-order chi connectivity index (χ0) is 16.4. The minimum Gasteiger partial charge on any atom is -0.357 e. The van der Waals surface area contributed by atoms with Crippen molar-refractivity contribution in [2.75, 3.05) is 26.7 Å². The van der Waals surface area contributed by atoms with Crippen molar-refractivity contribution in [3.8, 4) is 0 Å². The molecule has 1 rings (SSSR count). The SMILES string of the molecule is CCNC(=NCCC(=O)NC(C)C)N(C)CCc1cccs1.I. The number of rotatable bonds is 8. The second-order valence-corrected chi connectivity index (χ2v) is 6.49. The highest BCUT2D eigenvalue weighted by atomic mass is 127. The van der Waals surface area contributed by atoms with Gasteiger partial charge in [-0.3, -0.25) is 9.79 Å². The molecule has 0 bridgehead atoms. The first-order valence-corrected chi connectivity index (χ1v) is 8.72. The van der Waals surface area contributed by atoms with Gasteiger partial charge >= 0.3 is 0 Å². The van der Waals surface area contributed by atoms with E-state index in [4.69, 9.17) is 0 Å². The Morgan fingerprint density at radius 1 is 1.43 bits per heavy atom. The third kappa shape index (κ3) is 9.80. The monoisotopic (exact) mass is 452 g/mol. The minimum atomic E-state index is 0. The molecule has 0 radical (unpaired) electrons. The number of likely N-dealkylation sites (N-methyl/N-ethyl adjacent to an activating group) is 1. The molecule has 1 heterocycles. The maximum Gasteiger partial charge on any atom is 0.222 e. The van der Waals surface area contributed by atoms with Gasteiger partial charge < -0.3 is 15.5 Å². The molecule has 1 aromatic heterocycles. The summed E-state index contributed by atoms with van der Waals surface area (Å²) >= 11 is 1.78. The van der Waals surface area contributed by atoms with Gasteiger partial charge in [0.25, 0.3) is 0 Å². The van der Waals surface area contributed by atoms with Gasteiger partial charge in [0.05, 0.1) is 6.54 Å². The normalized spacial score (nSPS) is 11.1. The maximum absolute atomic E-state index is 11.6. The summed E-state index contributed by atoms with van der Waals surface area (Å²) in [4.78, 5) is 19.7. The van der Waals surface area contributed by atoms with E-state index >= 15 is 0 Å². The highest BCUT2D eigenvalue weighted by molar-refractivity contribution is 14.0. The smallest absolute Gasteiger partial charge is 0.222 e. The van der Waals surface area contributed by atoms with Crippen molar-refractivity contribution in [3.05, 3.63) is 22.4 Å². The summed E-state index contributed by atoms with van der Waals surface area (Å²) in [7, 11) is 2.03. The van der Waals surface area contributed by atoms with E-state index in [-0.39, 0.29) is 35.9 Å². The van der Waals surface area contributed by atoms with E-state index in [1.165, 1.54) is 4.88 Å².